The van der Waals surface area contributed by atoms with Gasteiger partial charge in [-0.1, -0.05) is 42.0 Å². The van der Waals surface area contributed by atoms with Gasteiger partial charge in [0.2, 0.25) is 17.7 Å². The van der Waals surface area contributed by atoms with Crippen molar-refractivity contribution in [3.8, 4) is 11.3 Å². The Labute approximate surface area is 160 Å². The lowest BCUT2D eigenvalue weighted by molar-refractivity contribution is -0.142. The summed E-state index contributed by atoms with van der Waals surface area (Å²) in [5.41, 5.74) is 2.91. The smallest absolute Gasteiger partial charge is 0.246 e. The molecule has 27 heavy (non-hydrogen) atoms. The van der Waals surface area contributed by atoms with Crippen LogP contribution in [-0.2, 0) is 14.4 Å². The van der Waals surface area contributed by atoms with Crippen molar-refractivity contribution in [1.29, 1.82) is 0 Å². The fourth-order valence-electron chi connectivity index (χ4n) is 3.52. The highest BCUT2D eigenvalue weighted by Gasteiger charge is 2.47. The number of benzene rings is 1. The molecule has 0 saturated carbocycles. The van der Waals surface area contributed by atoms with Crippen LogP contribution in [-0.4, -0.2) is 34.2 Å². The number of anilines is 1. The molecule has 2 aromatic rings. The zero-order chi connectivity index (χ0) is 19.0. The minimum absolute atomic E-state index is 0.246. The Morgan fingerprint density at radius 2 is 1.78 bits per heavy atom. The molecule has 2 heterocycles. The Morgan fingerprint density at radius 3 is 2.41 bits per heavy atom. The molecule has 1 N–H and O–H groups in total. The lowest BCUT2D eigenvalue weighted by Gasteiger charge is -2.14. The topological polar surface area (TPSA) is 79.4 Å². The van der Waals surface area contributed by atoms with Gasteiger partial charge in [0.25, 0.3) is 0 Å². The van der Waals surface area contributed by atoms with E-state index in [1.54, 1.807) is 0 Å². The van der Waals surface area contributed by atoms with Crippen LogP contribution in [0.2, 0.25) is 0 Å². The first kappa shape index (κ1) is 17.6. The van der Waals surface area contributed by atoms with Gasteiger partial charge in [-0.3, -0.25) is 19.3 Å². The Morgan fingerprint density at radius 1 is 1.15 bits per heavy atom. The molecule has 4 rings (SSSR count). The number of likely N-dealkylation sites (tertiary alicyclic amines) is 1. The quantitative estimate of drug-likeness (QED) is 0.652. The van der Waals surface area contributed by atoms with Crippen LogP contribution in [0.3, 0.4) is 0 Å². The number of allylic oxidation sites excluding steroid dienone is 2. The highest BCUT2D eigenvalue weighted by atomic mass is 32.1. The normalized spacial score (nSPS) is 21.4. The second kappa shape index (κ2) is 7.08. The monoisotopic (exact) mass is 381 g/mol. The van der Waals surface area contributed by atoms with Crippen LogP contribution in [0.1, 0.15) is 18.4 Å². The maximum absolute atomic E-state index is 12.4. The van der Waals surface area contributed by atoms with E-state index in [2.05, 4.69) is 10.3 Å². The number of nitrogens with zero attached hydrogens (tertiary/aromatic N) is 2. The molecule has 7 heteroatoms. The Balaban J connectivity index is 1.41. The lowest BCUT2D eigenvalue weighted by Crippen LogP contribution is -2.38. The molecule has 1 saturated heterocycles. The first-order chi connectivity index (χ1) is 13.0. The first-order valence-electron chi connectivity index (χ1n) is 8.85. The number of imide groups is 1. The van der Waals surface area contributed by atoms with Gasteiger partial charge < -0.3 is 5.32 Å². The summed E-state index contributed by atoms with van der Waals surface area (Å²) in [6.45, 7) is 1.76. The summed E-state index contributed by atoms with van der Waals surface area (Å²) in [5.74, 6) is -1.53. The SMILES string of the molecule is Cc1ccc(-c2csc(NC(=O)CN3C(=O)[C@H]4CC=CC[C@H]4C3=O)n2)cc1. The fourth-order valence-corrected chi connectivity index (χ4v) is 4.25. The highest BCUT2D eigenvalue weighted by molar-refractivity contribution is 7.14. The Hall–Kier alpha value is -2.80. The van der Waals surface area contributed by atoms with E-state index >= 15 is 0 Å². The molecule has 1 aliphatic heterocycles. The number of hydrogen-bond donors (Lipinski definition) is 1. The van der Waals surface area contributed by atoms with Gasteiger partial charge in [0.05, 0.1) is 17.5 Å². The molecule has 1 aliphatic carbocycles. The van der Waals surface area contributed by atoms with Crippen LogP contribution in [0, 0.1) is 18.8 Å². The molecule has 3 amide bonds. The minimum atomic E-state index is -0.409. The molecule has 1 fully saturated rings. The Kier molecular flexibility index (Phi) is 4.61. The van der Waals surface area contributed by atoms with Crippen molar-refractivity contribution in [1.82, 2.24) is 9.88 Å². The van der Waals surface area contributed by atoms with E-state index in [1.165, 1.54) is 16.9 Å². The third-order valence-electron chi connectivity index (χ3n) is 5.00. The second-order valence-electron chi connectivity index (χ2n) is 6.87. The summed E-state index contributed by atoms with van der Waals surface area (Å²) in [5, 5.41) is 5.02. The predicted molar refractivity (Wildman–Crippen MR) is 103 cm³/mol. The van der Waals surface area contributed by atoms with Crippen molar-refractivity contribution in [2.24, 2.45) is 11.8 Å². The van der Waals surface area contributed by atoms with Crippen molar-refractivity contribution in [2.45, 2.75) is 19.8 Å². The number of aromatic nitrogens is 1. The summed E-state index contributed by atoms with van der Waals surface area (Å²) in [7, 11) is 0. The molecule has 0 bridgehead atoms. The fraction of sp³-hybridized carbons (Fsp3) is 0.300. The molecule has 138 valence electrons. The van der Waals surface area contributed by atoms with Crippen molar-refractivity contribution < 1.29 is 14.4 Å². The predicted octanol–water partition coefficient (Wildman–Crippen LogP) is 3.01. The lowest BCUT2D eigenvalue weighted by atomic mass is 9.85. The van der Waals surface area contributed by atoms with E-state index in [4.69, 9.17) is 0 Å². The van der Waals surface area contributed by atoms with Crippen LogP contribution in [0.25, 0.3) is 11.3 Å². The number of nitrogens with one attached hydrogen (secondary N) is 1. The van der Waals surface area contributed by atoms with Crippen LogP contribution in [0.15, 0.2) is 41.8 Å². The molecule has 1 aromatic carbocycles. The van der Waals surface area contributed by atoms with Crippen LogP contribution >= 0.6 is 11.3 Å². The number of amides is 3. The van der Waals surface area contributed by atoms with E-state index in [0.29, 0.717) is 18.0 Å². The van der Waals surface area contributed by atoms with Crippen molar-refractivity contribution >= 4 is 34.2 Å². The number of fused-ring (bicyclic) bond motifs is 1. The summed E-state index contributed by atoms with van der Waals surface area (Å²) >= 11 is 1.32. The molecular formula is C20H19N3O3S. The molecule has 2 atom stereocenters. The third kappa shape index (κ3) is 3.42. The summed E-state index contributed by atoms with van der Waals surface area (Å²) in [6, 6.07) is 7.97. The van der Waals surface area contributed by atoms with E-state index in [1.807, 2.05) is 48.7 Å². The Bertz CT molecular complexity index is 906. The summed E-state index contributed by atoms with van der Waals surface area (Å²) < 4.78 is 0. The second-order valence-corrected chi connectivity index (χ2v) is 7.73. The van der Waals surface area contributed by atoms with E-state index in [0.717, 1.165) is 16.2 Å². The molecule has 0 unspecified atom stereocenters. The third-order valence-corrected chi connectivity index (χ3v) is 5.76. The van der Waals surface area contributed by atoms with Gasteiger partial charge in [-0.05, 0) is 19.8 Å². The van der Waals surface area contributed by atoms with Crippen LogP contribution < -0.4 is 5.32 Å². The average Bonchev–Trinajstić information content (AvgIpc) is 3.22. The number of carbonyl (C=O) groups is 3. The van der Waals surface area contributed by atoms with Gasteiger partial charge in [0, 0.05) is 10.9 Å². The van der Waals surface area contributed by atoms with E-state index in [9.17, 15) is 14.4 Å². The van der Waals surface area contributed by atoms with Gasteiger partial charge in [0.1, 0.15) is 6.54 Å². The zero-order valence-corrected chi connectivity index (χ0v) is 15.7. The number of rotatable bonds is 4. The molecule has 0 radical (unpaired) electrons. The molecule has 1 aromatic heterocycles. The zero-order valence-electron chi connectivity index (χ0n) is 14.8. The maximum atomic E-state index is 12.4. The van der Waals surface area contributed by atoms with Crippen LogP contribution in [0.5, 0.6) is 0 Å². The largest absolute Gasteiger partial charge is 0.300 e. The summed E-state index contributed by atoms with van der Waals surface area (Å²) in [6.07, 6.45) is 5.00. The van der Waals surface area contributed by atoms with E-state index < -0.39 is 5.91 Å². The standard InChI is InChI=1S/C20H19N3O3S/c1-12-6-8-13(9-7-12)16-11-27-20(21-16)22-17(24)10-23-18(25)14-4-2-3-5-15(14)19(23)26/h2-3,6-9,11,14-15H,4-5,10H2,1H3,(H,21,22,24)/t14-,15+. The highest BCUT2D eigenvalue weighted by Crippen LogP contribution is 2.35. The van der Waals surface area contributed by atoms with Gasteiger partial charge in [-0.2, -0.15) is 0 Å². The van der Waals surface area contributed by atoms with Gasteiger partial charge in [-0.15, -0.1) is 11.3 Å². The van der Waals surface area contributed by atoms with E-state index in [-0.39, 0.29) is 30.2 Å². The minimum Gasteiger partial charge on any atom is -0.300 e. The number of thiazole rings is 1. The van der Waals surface area contributed by atoms with Gasteiger partial charge >= 0.3 is 0 Å². The van der Waals surface area contributed by atoms with Gasteiger partial charge in [-0.25, -0.2) is 4.98 Å². The number of aryl methyl sites for hydroxylation is 1. The first-order valence-corrected chi connectivity index (χ1v) is 9.73. The van der Waals surface area contributed by atoms with Crippen molar-refractivity contribution in [3.63, 3.8) is 0 Å². The molecule has 6 nitrogen and oxygen atoms in total. The number of hydrogen-bond acceptors (Lipinski definition) is 5. The number of carbonyl (C=O) groups excluding carboxylic acids is 3. The molecule has 0 spiro atoms. The van der Waals surface area contributed by atoms with Gasteiger partial charge in [0.15, 0.2) is 5.13 Å². The van der Waals surface area contributed by atoms with Crippen LogP contribution in [0.4, 0.5) is 5.13 Å². The maximum Gasteiger partial charge on any atom is 0.246 e. The molecular weight excluding hydrogens is 362 g/mol. The molecule has 2 aliphatic rings. The summed E-state index contributed by atoms with van der Waals surface area (Å²) in [4.78, 5) is 42.7. The van der Waals surface area contributed by atoms with Crippen molar-refractivity contribution in [2.75, 3.05) is 11.9 Å². The average molecular weight is 381 g/mol. The van der Waals surface area contributed by atoms with Crippen molar-refractivity contribution in [3.05, 3.63) is 47.4 Å².